The SMILES string of the molecule is CCC(C)Oc1cc(=O)[nH]c(S(=O)(=O)c2cccc(C)c2)n1. The van der Waals surface area contributed by atoms with E-state index in [1.165, 1.54) is 12.1 Å². The molecule has 1 unspecified atom stereocenters. The Kier molecular flexibility index (Phi) is 4.65. The van der Waals surface area contributed by atoms with Gasteiger partial charge in [0.25, 0.3) is 5.56 Å². The van der Waals surface area contributed by atoms with Crippen molar-refractivity contribution in [3.8, 4) is 5.88 Å². The molecule has 1 heterocycles. The number of sulfone groups is 1. The first-order valence-electron chi connectivity index (χ1n) is 6.92. The number of aryl methyl sites for hydroxylation is 1. The molecule has 0 spiro atoms. The Morgan fingerprint density at radius 2 is 2.05 bits per heavy atom. The number of hydrogen-bond acceptors (Lipinski definition) is 5. The van der Waals surface area contributed by atoms with Crippen LogP contribution in [-0.2, 0) is 9.84 Å². The van der Waals surface area contributed by atoms with Crippen LogP contribution in [0, 0.1) is 6.92 Å². The van der Waals surface area contributed by atoms with Gasteiger partial charge in [0.1, 0.15) is 0 Å². The highest BCUT2D eigenvalue weighted by Crippen LogP contribution is 2.19. The van der Waals surface area contributed by atoms with Crippen molar-refractivity contribution in [3.63, 3.8) is 0 Å². The average molecular weight is 322 g/mol. The van der Waals surface area contributed by atoms with Gasteiger partial charge in [0.2, 0.25) is 20.9 Å². The van der Waals surface area contributed by atoms with Gasteiger partial charge in [-0.1, -0.05) is 19.1 Å². The zero-order valence-electron chi connectivity index (χ0n) is 12.7. The molecule has 0 fully saturated rings. The molecule has 0 saturated carbocycles. The van der Waals surface area contributed by atoms with Crippen LogP contribution in [0.15, 0.2) is 45.2 Å². The highest BCUT2D eigenvalue weighted by molar-refractivity contribution is 7.91. The maximum absolute atomic E-state index is 12.6. The summed E-state index contributed by atoms with van der Waals surface area (Å²) in [7, 11) is -3.90. The van der Waals surface area contributed by atoms with Crippen molar-refractivity contribution >= 4 is 9.84 Å². The van der Waals surface area contributed by atoms with Crippen LogP contribution < -0.4 is 10.3 Å². The lowest BCUT2D eigenvalue weighted by atomic mass is 10.2. The van der Waals surface area contributed by atoms with Gasteiger partial charge in [-0.2, -0.15) is 4.98 Å². The fraction of sp³-hybridized carbons (Fsp3) is 0.333. The van der Waals surface area contributed by atoms with Crippen molar-refractivity contribution in [1.29, 1.82) is 0 Å². The molecule has 7 heteroatoms. The molecule has 6 nitrogen and oxygen atoms in total. The van der Waals surface area contributed by atoms with Gasteiger partial charge in [0, 0.05) is 0 Å². The molecule has 0 aliphatic carbocycles. The monoisotopic (exact) mass is 322 g/mol. The molecule has 118 valence electrons. The van der Waals surface area contributed by atoms with E-state index in [-0.39, 0.29) is 16.9 Å². The molecule has 1 aromatic heterocycles. The predicted molar refractivity (Wildman–Crippen MR) is 81.9 cm³/mol. The number of aromatic amines is 1. The van der Waals surface area contributed by atoms with Gasteiger partial charge in [-0.3, -0.25) is 9.78 Å². The molecule has 0 radical (unpaired) electrons. The summed E-state index contributed by atoms with van der Waals surface area (Å²) in [4.78, 5) is 18.0. The van der Waals surface area contributed by atoms with Crippen LogP contribution in [0.5, 0.6) is 5.88 Å². The molecule has 0 aliphatic heterocycles. The Bertz CT molecular complexity index is 827. The second-order valence-corrected chi connectivity index (χ2v) is 6.91. The highest BCUT2D eigenvalue weighted by Gasteiger charge is 2.22. The molecule has 1 N–H and O–H groups in total. The number of benzene rings is 1. The molecule has 0 bridgehead atoms. The van der Waals surface area contributed by atoms with Gasteiger partial charge >= 0.3 is 0 Å². The Balaban J connectivity index is 2.49. The lowest BCUT2D eigenvalue weighted by Crippen LogP contribution is -2.19. The second-order valence-electron chi connectivity index (χ2n) is 5.05. The molecule has 0 aliphatic rings. The van der Waals surface area contributed by atoms with Crippen molar-refractivity contribution < 1.29 is 13.2 Å². The minimum Gasteiger partial charge on any atom is -0.474 e. The summed E-state index contributed by atoms with van der Waals surface area (Å²) >= 11 is 0. The van der Waals surface area contributed by atoms with E-state index in [1.54, 1.807) is 19.1 Å². The Labute approximate surface area is 129 Å². The summed E-state index contributed by atoms with van der Waals surface area (Å²) in [5.74, 6) is 0.00401. The van der Waals surface area contributed by atoms with Crippen LogP contribution in [0.3, 0.4) is 0 Å². The minimum atomic E-state index is -3.90. The van der Waals surface area contributed by atoms with Crippen LogP contribution in [0.2, 0.25) is 0 Å². The van der Waals surface area contributed by atoms with Crippen molar-refractivity contribution in [3.05, 3.63) is 46.2 Å². The topological polar surface area (TPSA) is 89.1 Å². The lowest BCUT2D eigenvalue weighted by Gasteiger charge is -2.12. The third-order valence-corrected chi connectivity index (χ3v) is 4.72. The summed E-state index contributed by atoms with van der Waals surface area (Å²) in [6.45, 7) is 5.53. The molecular weight excluding hydrogens is 304 g/mol. The summed E-state index contributed by atoms with van der Waals surface area (Å²) in [6.07, 6.45) is 0.554. The van der Waals surface area contributed by atoms with E-state index in [9.17, 15) is 13.2 Å². The van der Waals surface area contributed by atoms with E-state index in [4.69, 9.17) is 4.74 Å². The van der Waals surface area contributed by atoms with Gasteiger partial charge in [0.15, 0.2) is 0 Å². The maximum Gasteiger partial charge on any atom is 0.255 e. The summed E-state index contributed by atoms with van der Waals surface area (Å²) in [5.41, 5.74) is 0.231. The summed E-state index contributed by atoms with van der Waals surface area (Å²) in [6, 6.07) is 7.56. The number of nitrogens with zero attached hydrogens (tertiary/aromatic N) is 1. The quantitative estimate of drug-likeness (QED) is 0.851. The fourth-order valence-electron chi connectivity index (χ4n) is 1.79. The number of nitrogens with one attached hydrogen (secondary N) is 1. The van der Waals surface area contributed by atoms with E-state index >= 15 is 0 Å². The largest absolute Gasteiger partial charge is 0.474 e. The average Bonchev–Trinajstić information content (AvgIpc) is 2.46. The van der Waals surface area contributed by atoms with Gasteiger partial charge in [-0.15, -0.1) is 0 Å². The predicted octanol–water partition coefficient (Wildman–Crippen LogP) is 2.09. The van der Waals surface area contributed by atoms with E-state index in [1.807, 2.05) is 13.8 Å². The molecule has 0 saturated heterocycles. The van der Waals surface area contributed by atoms with Crippen molar-refractivity contribution in [2.75, 3.05) is 0 Å². The summed E-state index contributed by atoms with van der Waals surface area (Å²) < 4.78 is 30.6. The molecule has 2 aromatic rings. The number of aromatic nitrogens is 2. The van der Waals surface area contributed by atoms with Crippen molar-refractivity contribution in [2.24, 2.45) is 0 Å². The zero-order valence-corrected chi connectivity index (χ0v) is 13.5. The molecule has 2 rings (SSSR count). The molecule has 0 amide bonds. The number of hydrogen-bond donors (Lipinski definition) is 1. The van der Waals surface area contributed by atoms with E-state index in [0.717, 1.165) is 11.6 Å². The summed E-state index contributed by atoms with van der Waals surface area (Å²) in [5, 5.41) is -0.413. The van der Waals surface area contributed by atoms with Crippen molar-refractivity contribution in [1.82, 2.24) is 9.97 Å². The first kappa shape index (κ1) is 16.2. The fourth-order valence-corrected chi connectivity index (χ4v) is 3.05. The van der Waals surface area contributed by atoms with Gasteiger partial charge in [-0.05, 0) is 38.0 Å². The molecular formula is C15H18N2O4S. The molecule has 1 aromatic carbocycles. The Hall–Kier alpha value is -2.15. The second kappa shape index (κ2) is 6.31. The maximum atomic E-state index is 12.6. The van der Waals surface area contributed by atoms with Crippen LogP contribution in [0.4, 0.5) is 0 Å². The third kappa shape index (κ3) is 3.54. The number of H-pyrrole nitrogens is 1. The molecule has 1 atom stereocenters. The highest BCUT2D eigenvalue weighted by atomic mass is 32.2. The number of ether oxygens (including phenoxy) is 1. The number of rotatable bonds is 5. The van der Waals surface area contributed by atoms with Gasteiger partial charge < -0.3 is 4.74 Å². The Morgan fingerprint density at radius 1 is 1.32 bits per heavy atom. The lowest BCUT2D eigenvalue weighted by molar-refractivity contribution is 0.206. The normalized spacial score (nSPS) is 12.9. The standard InChI is InChI=1S/C15H18N2O4S/c1-4-11(3)21-14-9-13(18)16-15(17-14)22(19,20)12-7-5-6-10(2)8-12/h5-9,11H,4H2,1-3H3,(H,16,17,18). The van der Waals surface area contributed by atoms with Crippen LogP contribution in [0.1, 0.15) is 25.8 Å². The van der Waals surface area contributed by atoms with Crippen molar-refractivity contribution in [2.45, 2.75) is 43.3 Å². The molecule has 22 heavy (non-hydrogen) atoms. The van der Waals surface area contributed by atoms with Gasteiger partial charge in [-0.25, -0.2) is 8.42 Å². The van der Waals surface area contributed by atoms with Gasteiger partial charge in [0.05, 0.1) is 17.1 Å². The first-order chi connectivity index (χ1) is 10.3. The van der Waals surface area contributed by atoms with Crippen LogP contribution >= 0.6 is 0 Å². The minimum absolute atomic E-state index is 0.00401. The van der Waals surface area contributed by atoms with E-state index in [2.05, 4.69) is 9.97 Å². The first-order valence-corrected chi connectivity index (χ1v) is 8.41. The zero-order chi connectivity index (χ0) is 16.3. The van der Waals surface area contributed by atoms with E-state index in [0.29, 0.717) is 6.42 Å². The van der Waals surface area contributed by atoms with E-state index < -0.39 is 20.6 Å². The van der Waals surface area contributed by atoms with Crippen LogP contribution in [-0.4, -0.2) is 24.5 Å². The third-order valence-electron chi connectivity index (χ3n) is 3.15. The Morgan fingerprint density at radius 3 is 2.68 bits per heavy atom. The smallest absolute Gasteiger partial charge is 0.255 e. The van der Waals surface area contributed by atoms with Crippen LogP contribution in [0.25, 0.3) is 0 Å².